The number of carbonyl (C=O) groups excluding carboxylic acids is 1. The Morgan fingerprint density at radius 3 is 2.77 bits per heavy atom. The van der Waals surface area contributed by atoms with Crippen molar-refractivity contribution in [1.29, 1.82) is 0 Å². The SMILES string of the molecule is CCOC(=O)[C@@H]1CCCCN1Cc1cccc(OC)c1OC. The van der Waals surface area contributed by atoms with Crippen molar-refractivity contribution in [1.82, 2.24) is 4.90 Å². The highest BCUT2D eigenvalue weighted by Crippen LogP contribution is 2.32. The molecule has 0 saturated carbocycles. The maximum Gasteiger partial charge on any atom is 0.323 e. The Hall–Kier alpha value is -1.75. The predicted molar refractivity (Wildman–Crippen MR) is 84.2 cm³/mol. The molecule has 1 aliphatic rings. The third kappa shape index (κ3) is 3.71. The van der Waals surface area contributed by atoms with Gasteiger partial charge < -0.3 is 14.2 Å². The summed E-state index contributed by atoms with van der Waals surface area (Å²) in [4.78, 5) is 14.3. The van der Waals surface area contributed by atoms with E-state index in [1.54, 1.807) is 14.2 Å². The Morgan fingerprint density at radius 1 is 1.27 bits per heavy atom. The number of hydrogen-bond donors (Lipinski definition) is 0. The first kappa shape index (κ1) is 16.6. The molecule has 1 saturated heterocycles. The molecule has 1 aromatic rings. The van der Waals surface area contributed by atoms with Crippen LogP contribution in [0.2, 0.25) is 0 Å². The van der Waals surface area contributed by atoms with Crippen LogP contribution >= 0.6 is 0 Å². The molecule has 0 spiro atoms. The summed E-state index contributed by atoms with van der Waals surface area (Å²) in [7, 11) is 3.27. The lowest BCUT2D eigenvalue weighted by Crippen LogP contribution is -2.45. The van der Waals surface area contributed by atoms with Crippen molar-refractivity contribution >= 4 is 5.97 Å². The summed E-state index contributed by atoms with van der Waals surface area (Å²) in [5.41, 5.74) is 1.03. The monoisotopic (exact) mass is 307 g/mol. The Labute approximate surface area is 132 Å². The van der Waals surface area contributed by atoms with Crippen molar-refractivity contribution in [3.05, 3.63) is 23.8 Å². The van der Waals surface area contributed by atoms with Gasteiger partial charge in [-0.2, -0.15) is 0 Å². The Kier molecular flexibility index (Phi) is 6.07. The molecule has 1 fully saturated rings. The molecule has 1 heterocycles. The van der Waals surface area contributed by atoms with Crippen LogP contribution < -0.4 is 9.47 Å². The highest BCUT2D eigenvalue weighted by atomic mass is 16.5. The van der Waals surface area contributed by atoms with Crippen LogP contribution in [0.4, 0.5) is 0 Å². The van der Waals surface area contributed by atoms with Crippen molar-refractivity contribution in [2.24, 2.45) is 0 Å². The van der Waals surface area contributed by atoms with Crippen molar-refractivity contribution in [3.63, 3.8) is 0 Å². The van der Waals surface area contributed by atoms with Gasteiger partial charge in [0.15, 0.2) is 11.5 Å². The van der Waals surface area contributed by atoms with E-state index in [2.05, 4.69) is 4.90 Å². The van der Waals surface area contributed by atoms with Gasteiger partial charge in [0.05, 0.1) is 20.8 Å². The third-order valence-corrected chi connectivity index (χ3v) is 4.03. The number of likely N-dealkylation sites (tertiary alicyclic amines) is 1. The summed E-state index contributed by atoms with van der Waals surface area (Å²) in [6, 6.07) is 5.67. The Balaban J connectivity index is 2.18. The second kappa shape index (κ2) is 8.03. The van der Waals surface area contributed by atoms with E-state index in [4.69, 9.17) is 14.2 Å². The van der Waals surface area contributed by atoms with Crippen LogP contribution in [0.15, 0.2) is 18.2 Å². The van der Waals surface area contributed by atoms with Gasteiger partial charge in [0.25, 0.3) is 0 Å². The number of methoxy groups -OCH3 is 2. The summed E-state index contributed by atoms with van der Waals surface area (Å²) < 4.78 is 16.0. The quantitative estimate of drug-likeness (QED) is 0.756. The van der Waals surface area contributed by atoms with Crippen molar-refractivity contribution in [3.8, 4) is 11.5 Å². The normalized spacial score (nSPS) is 18.8. The highest BCUT2D eigenvalue weighted by Gasteiger charge is 2.30. The second-order valence-electron chi connectivity index (χ2n) is 5.39. The molecule has 5 nitrogen and oxygen atoms in total. The summed E-state index contributed by atoms with van der Waals surface area (Å²) in [5.74, 6) is 1.33. The Morgan fingerprint density at radius 2 is 2.09 bits per heavy atom. The van der Waals surface area contributed by atoms with E-state index in [0.29, 0.717) is 18.9 Å². The molecular formula is C17H25NO4. The molecule has 1 aromatic carbocycles. The smallest absolute Gasteiger partial charge is 0.323 e. The molecule has 1 aliphatic heterocycles. The van der Waals surface area contributed by atoms with Crippen LogP contribution in [0.1, 0.15) is 31.7 Å². The minimum atomic E-state index is -0.162. The van der Waals surface area contributed by atoms with Gasteiger partial charge in [-0.1, -0.05) is 18.6 Å². The largest absolute Gasteiger partial charge is 0.493 e. The molecular weight excluding hydrogens is 282 g/mol. The van der Waals surface area contributed by atoms with E-state index in [-0.39, 0.29) is 12.0 Å². The molecule has 22 heavy (non-hydrogen) atoms. The Bertz CT molecular complexity index is 503. The number of rotatable bonds is 6. The zero-order valence-corrected chi connectivity index (χ0v) is 13.6. The van der Waals surface area contributed by atoms with Crippen molar-refractivity contribution in [2.45, 2.75) is 38.8 Å². The predicted octanol–water partition coefficient (Wildman–Crippen LogP) is 2.62. The number of para-hydroxylation sites is 1. The molecule has 0 unspecified atom stereocenters. The topological polar surface area (TPSA) is 48.0 Å². The van der Waals surface area contributed by atoms with Gasteiger partial charge in [-0.05, 0) is 32.4 Å². The van der Waals surface area contributed by atoms with Crippen LogP contribution in [0.25, 0.3) is 0 Å². The first-order valence-corrected chi connectivity index (χ1v) is 7.81. The van der Waals surface area contributed by atoms with Crippen LogP contribution in [0, 0.1) is 0 Å². The van der Waals surface area contributed by atoms with Gasteiger partial charge in [0, 0.05) is 12.1 Å². The summed E-state index contributed by atoms with van der Waals surface area (Å²) >= 11 is 0. The van der Waals surface area contributed by atoms with Crippen molar-refractivity contribution in [2.75, 3.05) is 27.4 Å². The van der Waals surface area contributed by atoms with E-state index >= 15 is 0 Å². The van der Waals surface area contributed by atoms with Gasteiger partial charge in [0.2, 0.25) is 0 Å². The molecule has 0 N–H and O–H groups in total. The molecule has 0 aliphatic carbocycles. The number of hydrogen-bond acceptors (Lipinski definition) is 5. The molecule has 122 valence electrons. The summed E-state index contributed by atoms with van der Waals surface area (Å²) in [6.07, 6.45) is 3.02. The molecule has 0 radical (unpaired) electrons. The fraction of sp³-hybridized carbons (Fsp3) is 0.588. The maximum atomic E-state index is 12.2. The molecule has 5 heteroatoms. The lowest BCUT2D eigenvalue weighted by molar-refractivity contribution is -0.151. The van der Waals surface area contributed by atoms with Crippen LogP contribution in [-0.4, -0.2) is 44.3 Å². The zero-order chi connectivity index (χ0) is 15.9. The number of benzene rings is 1. The minimum Gasteiger partial charge on any atom is -0.493 e. The van der Waals surface area contributed by atoms with E-state index < -0.39 is 0 Å². The number of piperidine rings is 1. The second-order valence-corrected chi connectivity index (χ2v) is 5.39. The van der Waals surface area contributed by atoms with Crippen molar-refractivity contribution < 1.29 is 19.0 Å². The first-order chi connectivity index (χ1) is 10.7. The van der Waals surface area contributed by atoms with Crippen LogP contribution in [0.3, 0.4) is 0 Å². The van der Waals surface area contributed by atoms with Gasteiger partial charge in [0.1, 0.15) is 6.04 Å². The fourth-order valence-corrected chi connectivity index (χ4v) is 2.98. The van der Waals surface area contributed by atoms with Gasteiger partial charge in [-0.3, -0.25) is 9.69 Å². The standard InChI is InChI=1S/C17H25NO4/c1-4-22-17(19)14-9-5-6-11-18(14)12-13-8-7-10-15(20-2)16(13)21-3/h7-8,10,14H,4-6,9,11-12H2,1-3H3/t14-/m0/s1. The average Bonchev–Trinajstić information content (AvgIpc) is 2.55. The molecule has 0 bridgehead atoms. The zero-order valence-electron chi connectivity index (χ0n) is 13.6. The van der Waals surface area contributed by atoms with Crippen LogP contribution in [0.5, 0.6) is 11.5 Å². The number of ether oxygens (including phenoxy) is 3. The van der Waals surface area contributed by atoms with Gasteiger partial charge in [-0.15, -0.1) is 0 Å². The lowest BCUT2D eigenvalue weighted by Gasteiger charge is -2.34. The summed E-state index contributed by atoms with van der Waals surface area (Å²) in [5, 5.41) is 0. The first-order valence-electron chi connectivity index (χ1n) is 7.81. The number of esters is 1. The molecule has 2 rings (SSSR count). The van der Waals surface area contributed by atoms with E-state index in [1.165, 1.54) is 0 Å². The van der Waals surface area contributed by atoms with Gasteiger partial charge in [-0.25, -0.2) is 0 Å². The van der Waals surface area contributed by atoms with Crippen LogP contribution in [-0.2, 0) is 16.1 Å². The van der Waals surface area contributed by atoms with E-state index in [1.807, 2.05) is 25.1 Å². The minimum absolute atomic E-state index is 0.121. The van der Waals surface area contributed by atoms with E-state index in [0.717, 1.165) is 37.1 Å². The third-order valence-electron chi connectivity index (χ3n) is 4.03. The number of nitrogens with zero attached hydrogens (tertiary/aromatic N) is 1. The molecule has 0 amide bonds. The fourth-order valence-electron chi connectivity index (χ4n) is 2.98. The highest BCUT2D eigenvalue weighted by molar-refractivity contribution is 5.75. The molecule has 0 aromatic heterocycles. The average molecular weight is 307 g/mol. The van der Waals surface area contributed by atoms with Gasteiger partial charge >= 0.3 is 5.97 Å². The number of carbonyl (C=O) groups is 1. The maximum absolute atomic E-state index is 12.2. The van der Waals surface area contributed by atoms with E-state index in [9.17, 15) is 4.79 Å². The summed E-state index contributed by atoms with van der Waals surface area (Å²) in [6.45, 7) is 3.81. The lowest BCUT2D eigenvalue weighted by atomic mass is 10.0. The molecule has 1 atom stereocenters.